The molecule has 1 amide bonds. The van der Waals surface area contributed by atoms with E-state index in [-0.39, 0.29) is 29.9 Å². The van der Waals surface area contributed by atoms with Crippen LogP contribution < -0.4 is 5.32 Å². The Labute approximate surface area is 170 Å². The molecule has 2 heterocycles. The summed E-state index contributed by atoms with van der Waals surface area (Å²) in [5.74, 6) is 0.702. The predicted molar refractivity (Wildman–Crippen MR) is 105 cm³/mol. The van der Waals surface area contributed by atoms with E-state index in [2.05, 4.69) is 10.2 Å². The fourth-order valence-corrected chi connectivity index (χ4v) is 7.03. The Bertz CT molecular complexity index is 927. The van der Waals surface area contributed by atoms with Crippen LogP contribution in [0.25, 0.3) is 0 Å². The number of aliphatic hydroxyl groups is 1. The lowest BCUT2D eigenvalue weighted by Gasteiger charge is -2.66. The third-order valence-electron chi connectivity index (χ3n) is 8.63. The summed E-state index contributed by atoms with van der Waals surface area (Å²) in [6.45, 7) is 1.92. The number of carbonyl (C=O) groups is 2. The van der Waals surface area contributed by atoms with Gasteiger partial charge in [-0.25, -0.2) is 0 Å². The molecule has 0 unspecified atom stereocenters. The number of hydrogen-bond donors (Lipinski definition) is 3. The van der Waals surface area contributed by atoms with Crippen molar-refractivity contribution in [2.75, 3.05) is 13.1 Å². The third-order valence-corrected chi connectivity index (χ3v) is 8.63. The number of ketones is 1. The number of likely N-dealkylation sites (tertiary alicyclic amines) is 1. The van der Waals surface area contributed by atoms with Gasteiger partial charge in [-0.2, -0.15) is 0 Å². The van der Waals surface area contributed by atoms with E-state index in [9.17, 15) is 19.8 Å². The van der Waals surface area contributed by atoms with Crippen molar-refractivity contribution in [3.05, 3.63) is 29.3 Å². The molecule has 2 aliphatic heterocycles. The number of hydrogen-bond acceptors (Lipinski definition) is 5. The van der Waals surface area contributed by atoms with E-state index in [4.69, 9.17) is 0 Å². The number of nitrogens with one attached hydrogen (secondary N) is 1. The molecule has 6 nitrogen and oxygen atoms in total. The van der Waals surface area contributed by atoms with E-state index in [0.29, 0.717) is 19.3 Å². The normalized spacial score (nSPS) is 41.2. The molecule has 3 aliphatic carbocycles. The molecule has 1 spiro atoms. The van der Waals surface area contributed by atoms with Crippen LogP contribution >= 0.6 is 0 Å². The first kappa shape index (κ1) is 17.9. The second-order valence-electron chi connectivity index (χ2n) is 10.2. The minimum Gasteiger partial charge on any atom is -0.508 e. The van der Waals surface area contributed by atoms with E-state index < -0.39 is 16.6 Å². The number of fused-ring (bicyclic) bond motifs is 1. The van der Waals surface area contributed by atoms with Crippen LogP contribution in [0.15, 0.2) is 18.2 Å². The standard InChI is InChI=1S/C23H28N2O4/c26-16-4-3-15-9-18-23(29)6-5-22(19(27)11-20(28)24-22)13-21(23,17(15)10-16)7-8-25(18)12-14-1-2-14/h3-4,10,14,18,26,29H,1-2,5-9,11-13H2,(H,24,28)/t18-,21-,22+,23-/m1/s1. The largest absolute Gasteiger partial charge is 0.508 e. The number of carbonyl (C=O) groups excluding carboxylic acids is 2. The van der Waals surface area contributed by atoms with Gasteiger partial charge in [0.15, 0.2) is 5.78 Å². The smallest absolute Gasteiger partial charge is 0.228 e. The summed E-state index contributed by atoms with van der Waals surface area (Å²) >= 11 is 0. The summed E-state index contributed by atoms with van der Waals surface area (Å²) in [5, 5.41) is 25.5. The van der Waals surface area contributed by atoms with E-state index in [1.165, 1.54) is 12.8 Å². The lowest BCUT2D eigenvalue weighted by atomic mass is 9.46. The van der Waals surface area contributed by atoms with Crippen molar-refractivity contribution in [2.45, 2.75) is 74.0 Å². The molecule has 2 bridgehead atoms. The van der Waals surface area contributed by atoms with Gasteiger partial charge in [0.25, 0.3) is 0 Å². The Kier molecular flexibility index (Phi) is 3.46. The highest BCUT2D eigenvalue weighted by Crippen LogP contribution is 2.61. The van der Waals surface area contributed by atoms with Gasteiger partial charge in [-0.15, -0.1) is 0 Å². The van der Waals surface area contributed by atoms with Gasteiger partial charge in [0.05, 0.1) is 12.0 Å². The predicted octanol–water partition coefficient (Wildman–Crippen LogP) is 1.41. The molecule has 1 aromatic carbocycles. The molecule has 2 saturated heterocycles. The molecule has 5 aliphatic rings. The second-order valence-corrected chi connectivity index (χ2v) is 10.2. The van der Waals surface area contributed by atoms with Gasteiger partial charge in [-0.05, 0) is 80.7 Å². The molecule has 0 aromatic heterocycles. The van der Waals surface area contributed by atoms with E-state index in [1.54, 1.807) is 12.1 Å². The number of phenols is 1. The van der Waals surface area contributed by atoms with Crippen molar-refractivity contribution >= 4 is 11.7 Å². The molecule has 3 N–H and O–H groups in total. The van der Waals surface area contributed by atoms with Crippen molar-refractivity contribution in [3.63, 3.8) is 0 Å². The van der Waals surface area contributed by atoms with Gasteiger partial charge in [0, 0.05) is 18.0 Å². The number of benzene rings is 1. The lowest BCUT2D eigenvalue weighted by Crippen LogP contribution is -2.76. The molecule has 4 fully saturated rings. The highest BCUT2D eigenvalue weighted by Gasteiger charge is 2.69. The number of Topliss-reactive ketones (excluding diaryl/α,β-unsaturated/α-hetero) is 1. The summed E-state index contributed by atoms with van der Waals surface area (Å²) in [5.41, 5.74) is -0.288. The number of amides is 1. The summed E-state index contributed by atoms with van der Waals surface area (Å²) in [6.07, 6.45) is 5.45. The van der Waals surface area contributed by atoms with Crippen molar-refractivity contribution in [2.24, 2.45) is 5.92 Å². The van der Waals surface area contributed by atoms with Crippen LogP contribution in [0, 0.1) is 5.92 Å². The van der Waals surface area contributed by atoms with Crippen LogP contribution in [0.2, 0.25) is 0 Å². The number of aromatic hydroxyl groups is 1. The van der Waals surface area contributed by atoms with Gasteiger partial charge in [-0.1, -0.05) is 6.07 Å². The van der Waals surface area contributed by atoms with Gasteiger partial charge in [0.1, 0.15) is 11.3 Å². The van der Waals surface area contributed by atoms with Crippen LogP contribution in [0.1, 0.15) is 56.1 Å². The summed E-state index contributed by atoms with van der Waals surface area (Å²) in [7, 11) is 0. The van der Waals surface area contributed by atoms with E-state index in [0.717, 1.165) is 43.0 Å². The van der Waals surface area contributed by atoms with E-state index >= 15 is 0 Å². The fourth-order valence-electron chi connectivity index (χ4n) is 7.03. The maximum absolute atomic E-state index is 12.9. The van der Waals surface area contributed by atoms with Crippen molar-refractivity contribution < 1.29 is 19.8 Å². The Balaban J connectivity index is 1.50. The maximum Gasteiger partial charge on any atom is 0.228 e. The first-order valence-electron chi connectivity index (χ1n) is 11.0. The highest BCUT2D eigenvalue weighted by atomic mass is 16.3. The molecule has 29 heavy (non-hydrogen) atoms. The van der Waals surface area contributed by atoms with Crippen molar-refractivity contribution in [1.82, 2.24) is 10.2 Å². The molecule has 154 valence electrons. The van der Waals surface area contributed by atoms with Gasteiger partial charge >= 0.3 is 0 Å². The molecule has 1 aromatic rings. The quantitative estimate of drug-likeness (QED) is 0.658. The summed E-state index contributed by atoms with van der Waals surface area (Å²) < 4.78 is 0. The van der Waals surface area contributed by atoms with Gasteiger partial charge in [-0.3, -0.25) is 14.5 Å². The van der Waals surface area contributed by atoms with Crippen LogP contribution in [0.3, 0.4) is 0 Å². The first-order chi connectivity index (χ1) is 13.9. The Morgan fingerprint density at radius 1 is 1.17 bits per heavy atom. The first-order valence-corrected chi connectivity index (χ1v) is 11.0. The number of rotatable bonds is 2. The average molecular weight is 396 g/mol. The zero-order valence-corrected chi connectivity index (χ0v) is 16.6. The monoisotopic (exact) mass is 396 g/mol. The molecule has 6 rings (SSSR count). The molecular formula is C23H28N2O4. The molecule has 4 atom stereocenters. The van der Waals surface area contributed by atoms with Crippen LogP contribution in [-0.2, 0) is 21.4 Å². The number of piperidine rings is 1. The van der Waals surface area contributed by atoms with E-state index in [1.807, 2.05) is 6.07 Å². The second kappa shape index (κ2) is 5.61. The maximum atomic E-state index is 12.9. The molecule has 2 saturated carbocycles. The summed E-state index contributed by atoms with van der Waals surface area (Å²) in [6, 6.07) is 5.53. The SMILES string of the molecule is O=C1CC(=O)[C@@]2(CC[C@@]3(O)[C@H]4Cc5ccc(O)cc5[C@@]3(CCN4CC3CC3)C2)N1. The lowest BCUT2D eigenvalue weighted by molar-refractivity contribution is -0.180. The minimum atomic E-state index is -0.945. The van der Waals surface area contributed by atoms with Crippen molar-refractivity contribution in [3.8, 4) is 5.75 Å². The third kappa shape index (κ3) is 2.30. The molecule has 0 radical (unpaired) electrons. The number of nitrogens with zero attached hydrogens (tertiary/aromatic N) is 1. The number of phenolic OH excluding ortho intramolecular Hbond substituents is 1. The highest BCUT2D eigenvalue weighted by molar-refractivity contribution is 6.10. The van der Waals surface area contributed by atoms with Crippen molar-refractivity contribution in [1.29, 1.82) is 0 Å². The molecular weight excluding hydrogens is 368 g/mol. The van der Waals surface area contributed by atoms with Crippen LogP contribution in [0.5, 0.6) is 5.75 Å². The van der Waals surface area contributed by atoms with Gasteiger partial charge in [0.2, 0.25) is 5.91 Å². The average Bonchev–Trinajstić information content (AvgIpc) is 3.44. The minimum absolute atomic E-state index is 0.0263. The Morgan fingerprint density at radius 2 is 2.00 bits per heavy atom. The fraction of sp³-hybridized carbons (Fsp3) is 0.652. The Morgan fingerprint density at radius 3 is 2.72 bits per heavy atom. The zero-order chi connectivity index (χ0) is 20.0. The topological polar surface area (TPSA) is 89.9 Å². The molecule has 6 heteroatoms. The van der Waals surface area contributed by atoms with Gasteiger partial charge < -0.3 is 15.5 Å². The van der Waals surface area contributed by atoms with Crippen LogP contribution in [-0.4, -0.2) is 57.1 Å². The summed E-state index contributed by atoms with van der Waals surface area (Å²) in [4.78, 5) is 27.4. The van der Waals surface area contributed by atoms with Crippen LogP contribution in [0.4, 0.5) is 0 Å². The Hall–Kier alpha value is -1.92. The zero-order valence-electron chi connectivity index (χ0n) is 16.6.